The molecule has 0 bridgehead atoms. The molecule has 0 fully saturated rings. The molecule has 26 heavy (non-hydrogen) atoms. The fraction of sp³-hybridized carbons (Fsp3) is 0.684. The molecule has 0 aliphatic heterocycles. The van der Waals surface area contributed by atoms with Gasteiger partial charge in [-0.1, -0.05) is 51.2 Å². The van der Waals surface area contributed by atoms with Gasteiger partial charge in [0.1, 0.15) is 5.75 Å². The van der Waals surface area contributed by atoms with E-state index in [0.29, 0.717) is 0 Å². The molecule has 1 aromatic carbocycles. The first kappa shape index (κ1) is 25.9. The summed E-state index contributed by atoms with van der Waals surface area (Å²) in [5.74, 6) is 0.274. The van der Waals surface area contributed by atoms with Crippen LogP contribution in [0.3, 0.4) is 0 Å². The van der Waals surface area contributed by atoms with E-state index < -0.39 is 15.7 Å². The molecule has 0 aliphatic rings. The molecular weight excluding hydrogens is 363 g/mol. The van der Waals surface area contributed by atoms with Crippen molar-refractivity contribution < 1.29 is 53.1 Å². The molecule has 0 atom stereocenters. The van der Waals surface area contributed by atoms with Crippen LogP contribution in [-0.4, -0.2) is 27.3 Å². The molecule has 1 rings (SSSR count). The monoisotopic (exact) mass is 396 g/mol. The van der Waals surface area contributed by atoms with Crippen LogP contribution in [0.2, 0.25) is 0 Å². The standard InChI is InChI=1S/C19H32O5S.Na.H/c1-4-7-8-9-10-11-12-17-13-15-18(16-14-17)24-25(20,21)19(22-5-2)23-6-3;;/h13-16,19H,4-12H2,1-3H3;;/q;+1;-1. The van der Waals surface area contributed by atoms with Crippen molar-refractivity contribution in [1.82, 2.24) is 0 Å². The molecule has 0 unspecified atom stereocenters. The molecule has 0 aromatic heterocycles. The number of hydrogen-bond donors (Lipinski definition) is 0. The van der Waals surface area contributed by atoms with Crippen LogP contribution in [0.15, 0.2) is 24.3 Å². The van der Waals surface area contributed by atoms with Crippen molar-refractivity contribution in [1.29, 1.82) is 0 Å². The van der Waals surface area contributed by atoms with Gasteiger partial charge in [0.05, 0.1) is 0 Å². The average molecular weight is 397 g/mol. The van der Waals surface area contributed by atoms with Crippen LogP contribution in [0.25, 0.3) is 0 Å². The summed E-state index contributed by atoms with van der Waals surface area (Å²) >= 11 is 0. The predicted octanol–water partition coefficient (Wildman–Crippen LogP) is 1.77. The van der Waals surface area contributed by atoms with E-state index >= 15 is 0 Å². The summed E-state index contributed by atoms with van der Waals surface area (Å²) in [5, 5.41) is 0. The molecule has 0 amide bonds. The summed E-state index contributed by atoms with van der Waals surface area (Å²) in [6.07, 6.45) is 8.55. The molecule has 0 spiro atoms. The third kappa shape index (κ3) is 10.3. The van der Waals surface area contributed by atoms with E-state index in [9.17, 15) is 8.42 Å². The van der Waals surface area contributed by atoms with Gasteiger partial charge in [0.25, 0.3) is 0 Å². The molecule has 0 heterocycles. The van der Waals surface area contributed by atoms with Crippen LogP contribution in [0.5, 0.6) is 5.75 Å². The van der Waals surface area contributed by atoms with Gasteiger partial charge in [0, 0.05) is 13.2 Å². The van der Waals surface area contributed by atoms with Crippen LogP contribution in [0, 0.1) is 0 Å². The molecule has 0 aliphatic carbocycles. The normalized spacial score (nSPS) is 11.4. The Labute approximate surface area is 182 Å². The second kappa shape index (κ2) is 14.9. The Morgan fingerprint density at radius 2 is 1.42 bits per heavy atom. The molecule has 5 nitrogen and oxygen atoms in total. The fourth-order valence-electron chi connectivity index (χ4n) is 2.48. The van der Waals surface area contributed by atoms with E-state index in [2.05, 4.69) is 6.92 Å². The van der Waals surface area contributed by atoms with Crippen LogP contribution in [-0.2, 0) is 26.0 Å². The minimum absolute atomic E-state index is 0. The summed E-state index contributed by atoms with van der Waals surface area (Å²) in [6, 6.07) is 7.18. The SMILES string of the molecule is CCCCCCCCc1ccc(OS(=O)(=O)C(OCC)OCC)cc1.[H-].[Na+]. The van der Waals surface area contributed by atoms with E-state index in [1.807, 2.05) is 12.1 Å². The second-order valence-electron chi connectivity index (χ2n) is 5.94. The number of ether oxygens (including phenoxy) is 2. The van der Waals surface area contributed by atoms with Gasteiger partial charge in [-0.25, -0.2) is 0 Å². The van der Waals surface area contributed by atoms with E-state index in [1.54, 1.807) is 26.0 Å². The predicted molar refractivity (Wildman–Crippen MR) is 101 cm³/mol. The Morgan fingerprint density at radius 1 is 0.885 bits per heavy atom. The molecule has 1 aromatic rings. The van der Waals surface area contributed by atoms with Gasteiger partial charge in [-0.3, -0.25) is 0 Å². The van der Waals surface area contributed by atoms with E-state index in [0.717, 1.165) is 12.8 Å². The molecule has 0 radical (unpaired) electrons. The van der Waals surface area contributed by atoms with Gasteiger partial charge in [-0.15, -0.1) is 0 Å². The van der Waals surface area contributed by atoms with Crippen molar-refractivity contribution in [2.24, 2.45) is 0 Å². The Kier molecular flexibility index (Phi) is 14.8. The van der Waals surface area contributed by atoms with Gasteiger partial charge in [0.15, 0.2) is 0 Å². The summed E-state index contributed by atoms with van der Waals surface area (Å²) in [5.41, 5.74) is -0.211. The quantitative estimate of drug-likeness (QED) is 0.208. The Bertz CT molecular complexity index is 560. The van der Waals surface area contributed by atoms with Gasteiger partial charge >= 0.3 is 45.3 Å². The zero-order chi connectivity index (χ0) is 18.5. The number of aryl methyl sites for hydroxylation is 1. The maximum absolute atomic E-state index is 12.2. The Morgan fingerprint density at radius 3 is 1.96 bits per heavy atom. The zero-order valence-corrected chi connectivity index (χ0v) is 19.5. The first-order valence-corrected chi connectivity index (χ1v) is 10.8. The fourth-order valence-corrected chi connectivity index (χ4v) is 3.54. The van der Waals surface area contributed by atoms with Crippen molar-refractivity contribution in [2.45, 2.75) is 71.3 Å². The van der Waals surface area contributed by atoms with Crippen molar-refractivity contribution in [3.8, 4) is 5.75 Å². The second-order valence-corrected chi connectivity index (χ2v) is 7.47. The maximum Gasteiger partial charge on any atom is 1.00 e. The van der Waals surface area contributed by atoms with Crippen LogP contribution in [0.1, 0.15) is 66.3 Å². The zero-order valence-electron chi connectivity index (χ0n) is 17.7. The smallest absolute Gasteiger partial charge is 1.00 e. The van der Waals surface area contributed by atoms with Gasteiger partial charge < -0.3 is 15.1 Å². The van der Waals surface area contributed by atoms with Crippen LogP contribution < -0.4 is 33.7 Å². The van der Waals surface area contributed by atoms with E-state index in [4.69, 9.17) is 13.7 Å². The number of benzene rings is 1. The van der Waals surface area contributed by atoms with Crippen LogP contribution in [0.4, 0.5) is 0 Å². The van der Waals surface area contributed by atoms with E-state index in [-0.39, 0.29) is 49.9 Å². The van der Waals surface area contributed by atoms with Gasteiger partial charge in [0.2, 0.25) is 0 Å². The van der Waals surface area contributed by atoms with Gasteiger partial charge in [-0.2, -0.15) is 8.42 Å². The summed E-state index contributed by atoms with van der Waals surface area (Å²) in [7, 11) is -3.99. The number of hydrogen-bond acceptors (Lipinski definition) is 5. The Hall–Kier alpha value is -0.110. The third-order valence-electron chi connectivity index (χ3n) is 3.80. The van der Waals surface area contributed by atoms with Crippen molar-refractivity contribution >= 4 is 10.1 Å². The third-order valence-corrected chi connectivity index (χ3v) is 4.96. The molecule has 7 heteroatoms. The number of rotatable bonds is 14. The topological polar surface area (TPSA) is 61.8 Å². The molecule has 0 saturated heterocycles. The molecular formula is C19H33NaO5S. The summed E-state index contributed by atoms with van der Waals surface area (Å²) in [4.78, 5) is 0. The van der Waals surface area contributed by atoms with Crippen molar-refractivity contribution in [3.63, 3.8) is 0 Å². The minimum atomic E-state index is -3.99. The Balaban J connectivity index is 0. The average Bonchev–Trinajstić information content (AvgIpc) is 2.59. The van der Waals surface area contributed by atoms with E-state index in [1.165, 1.54) is 37.7 Å². The summed E-state index contributed by atoms with van der Waals surface area (Å²) < 4.78 is 39.7. The minimum Gasteiger partial charge on any atom is -1.00 e. The first-order chi connectivity index (χ1) is 12.0. The van der Waals surface area contributed by atoms with Crippen molar-refractivity contribution in [2.75, 3.05) is 13.2 Å². The van der Waals surface area contributed by atoms with Crippen LogP contribution >= 0.6 is 0 Å². The molecule has 146 valence electrons. The molecule has 0 saturated carbocycles. The maximum atomic E-state index is 12.2. The van der Waals surface area contributed by atoms with Gasteiger partial charge in [-0.05, 0) is 44.4 Å². The van der Waals surface area contributed by atoms with Crippen molar-refractivity contribution in [3.05, 3.63) is 29.8 Å². The first-order valence-electron chi connectivity index (χ1n) is 9.28. The number of unbranched alkanes of at least 4 members (excludes halogenated alkanes) is 5. The largest absolute Gasteiger partial charge is 1.00 e. The summed E-state index contributed by atoms with van der Waals surface area (Å²) in [6.45, 7) is 6.08. The molecule has 0 N–H and O–H groups in total.